The van der Waals surface area contributed by atoms with E-state index in [2.05, 4.69) is 20.8 Å². The van der Waals surface area contributed by atoms with Gasteiger partial charge >= 0.3 is 0 Å². The van der Waals surface area contributed by atoms with Crippen LogP contribution in [0.2, 0.25) is 0 Å². The molecule has 4 nitrogen and oxygen atoms in total. The van der Waals surface area contributed by atoms with Crippen molar-refractivity contribution in [2.75, 3.05) is 12.0 Å². The van der Waals surface area contributed by atoms with Gasteiger partial charge in [0.05, 0.1) is 18.2 Å². The van der Waals surface area contributed by atoms with Crippen molar-refractivity contribution in [3.63, 3.8) is 0 Å². The molecule has 0 amide bonds. The maximum Gasteiger partial charge on any atom is 0.0951 e. The minimum absolute atomic E-state index is 0.409. The normalized spacial score (nSPS) is 16.7. The number of thioether (sulfide) groups is 1. The fourth-order valence-electron chi connectivity index (χ4n) is 2.17. The number of nitrogens with zero attached hydrogens (tertiary/aromatic N) is 3. The number of rotatable bonds is 4. The molecule has 0 atom stereocenters. The average molecular weight is 260 g/mol. The van der Waals surface area contributed by atoms with E-state index < -0.39 is 0 Å². The molecule has 0 aromatic carbocycles. The van der Waals surface area contributed by atoms with Gasteiger partial charge in [0.15, 0.2) is 0 Å². The molecule has 3 rings (SSSR count). The quantitative estimate of drug-likeness (QED) is 0.917. The number of imidazole rings is 1. The summed E-state index contributed by atoms with van der Waals surface area (Å²) >= 11 is 1.95. The molecular weight excluding hydrogens is 244 g/mol. The molecule has 5 heteroatoms. The van der Waals surface area contributed by atoms with Gasteiger partial charge in [-0.05, 0) is 25.2 Å². The third-order valence-electron chi connectivity index (χ3n) is 3.54. The monoisotopic (exact) mass is 260 g/mol. The van der Waals surface area contributed by atoms with E-state index in [9.17, 15) is 0 Å². The summed E-state index contributed by atoms with van der Waals surface area (Å²) in [5.74, 6) is 0. The first kappa shape index (κ1) is 11.6. The Labute approximate surface area is 111 Å². The highest BCUT2D eigenvalue weighted by molar-refractivity contribution is 8.00. The van der Waals surface area contributed by atoms with Gasteiger partial charge in [-0.15, -0.1) is 0 Å². The van der Waals surface area contributed by atoms with Crippen LogP contribution in [0, 0.1) is 0 Å². The number of nitrogen functional groups attached to an aromatic ring is 1. The van der Waals surface area contributed by atoms with Crippen LogP contribution in [0.3, 0.4) is 0 Å². The first-order valence-corrected chi connectivity index (χ1v) is 7.22. The molecule has 0 unspecified atom stereocenters. The number of hydrogen-bond acceptors (Lipinski definition) is 4. The zero-order valence-corrected chi connectivity index (χ0v) is 11.2. The Morgan fingerprint density at radius 2 is 2.22 bits per heavy atom. The lowest BCUT2D eigenvalue weighted by atomic mass is 10.2. The second kappa shape index (κ2) is 4.31. The molecule has 18 heavy (non-hydrogen) atoms. The molecule has 1 saturated carbocycles. The summed E-state index contributed by atoms with van der Waals surface area (Å²) in [6, 6.07) is 1.83. The second-order valence-corrected chi connectivity index (χ2v) is 6.03. The fourth-order valence-corrected chi connectivity index (χ4v) is 2.95. The molecular formula is C13H16N4S. The SMILES string of the molecule is CSC1(Cn2cncc2-c2cnccc2N)CC1. The predicted octanol–water partition coefficient (Wildman–Crippen LogP) is 2.42. The van der Waals surface area contributed by atoms with E-state index >= 15 is 0 Å². The highest BCUT2D eigenvalue weighted by Gasteiger charge is 2.42. The van der Waals surface area contributed by atoms with Crippen LogP contribution in [0.1, 0.15) is 12.8 Å². The van der Waals surface area contributed by atoms with Gasteiger partial charge in [0.1, 0.15) is 0 Å². The molecule has 2 heterocycles. The predicted molar refractivity (Wildman–Crippen MR) is 75.4 cm³/mol. The van der Waals surface area contributed by atoms with Gasteiger partial charge in [-0.1, -0.05) is 0 Å². The highest BCUT2D eigenvalue weighted by Crippen LogP contribution is 2.48. The largest absolute Gasteiger partial charge is 0.398 e. The first-order chi connectivity index (χ1) is 8.74. The van der Waals surface area contributed by atoms with Crippen LogP contribution in [-0.4, -0.2) is 25.5 Å². The minimum atomic E-state index is 0.409. The van der Waals surface area contributed by atoms with E-state index in [1.807, 2.05) is 36.5 Å². The van der Waals surface area contributed by atoms with E-state index in [0.29, 0.717) is 4.75 Å². The van der Waals surface area contributed by atoms with Crippen molar-refractivity contribution in [2.45, 2.75) is 24.1 Å². The van der Waals surface area contributed by atoms with Crippen LogP contribution in [0.5, 0.6) is 0 Å². The van der Waals surface area contributed by atoms with Crippen molar-refractivity contribution in [2.24, 2.45) is 0 Å². The molecule has 1 aliphatic carbocycles. The summed E-state index contributed by atoms with van der Waals surface area (Å²) in [6.45, 7) is 0.998. The van der Waals surface area contributed by atoms with E-state index in [0.717, 1.165) is 23.5 Å². The van der Waals surface area contributed by atoms with Gasteiger partial charge in [-0.3, -0.25) is 4.98 Å². The molecule has 1 fully saturated rings. The Hall–Kier alpha value is -1.49. The molecule has 0 spiro atoms. The second-order valence-electron chi connectivity index (χ2n) is 4.76. The smallest absolute Gasteiger partial charge is 0.0951 e. The van der Waals surface area contributed by atoms with E-state index in [4.69, 9.17) is 5.73 Å². The molecule has 1 aliphatic rings. The topological polar surface area (TPSA) is 56.7 Å². The number of pyridine rings is 1. The zero-order valence-electron chi connectivity index (χ0n) is 10.3. The Balaban J connectivity index is 1.95. The van der Waals surface area contributed by atoms with Gasteiger partial charge in [0.25, 0.3) is 0 Å². The average Bonchev–Trinajstić information content (AvgIpc) is 3.01. The van der Waals surface area contributed by atoms with Gasteiger partial charge < -0.3 is 10.3 Å². The summed E-state index contributed by atoms with van der Waals surface area (Å²) in [5, 5.41) is 0. The van der Waals surface area contributed by atoms with E-state index in [1.54, 1.807) is 6.20 Å². The summed E-state index contributed by atoms with van der Waals surface area (Å²) in [4.78, 5) is 8.40. The maximum atomic E-state index is 6.01. The van der Waals surface area contributed by atoms with Crippen molar-refractivity contribution < 1.29 is 0 Å². The summed E-state index contributed by atoms with van der Waals surface area (Å²) < 4.78 is 2.60. The van der Waals surface area contributed by atoms with Crippen LogP contribution < -0.4 is 5.73 Å². The Kier molecular flexibility index (Phi) is 2.78. The lowest BCUT2D eigenvalue weighted by molar-refractivity contribution is 0.666. The maximum absolute atomic E-state index is 6.01. The third kappa shape index (κ3) is 1.99. The highest BCUT2D eigenvalue weighted by atomic mass is 32.2. The zero-order chi connectivity index (χ0) is 12.6. The summed E-state index contributed by atoms with van der Waals surface area (Å²) in [7, 11) is 0. The third-order valence-corrected chi connectivity index (χ3v) is 4.95. The Morgan fingerprint density at radius 3 is 2.89 bits per heavy atom. The van der Waals surface area contributed by atoms with Gasteiger partial charge in [0, 0.05) is 34.9 Å². The van der Waals surface area contributed by atoms with Gasteiger partial charge in [-0.2, -0.15) is 11.8 Å². The van der Waals surface area contributed by atoms with Crippen LogP contribution in [0.25, 0.3) is 11.3 Å². The lowest BCUT2D eigenvalue weighted by Gasteiger charge is -2.15. The van der Waals surface area contributed by atoms with Crippen molar-refractivity contribution in [3.05, 3.63) is 31.0 Å². The summed E-state index contributed by atoms with van der Waals surface area (Å²) in [5.41, 5.74) is 8.78. The van der Waals surface area contributed by atoms with Crippen molar-refractivity contribution in [1.29, 1.82) is 0 Å². The standard InChI is InChI=1S/C13H16N4S/c1-18-13(3-4-13)8-17-9-16-7-12(17)10-6-15-5-2-11(10)14/h2,5-7,9H,3-4,8H2,1H3,(H2,14,15). The molecule has 2 aromatic rings. The van der Waals surface area contributed by atoms with Crippen molar-refractivity contribution in [1.82, 2.24) is 14.5 Å². The molecule has 94 valence electrons. The van der Waals surface area contributed by atoms with E-state index in [1.165, 1.54) is 12.8 Å². The van der Waals surface area contributed by atoms with Crippen LogP contribution in [0.15, 0.2) is 31.0 Å². The molecule has 0 radical (unpaired) electrons. The van der Waals surface area contributed by atoms with Gasteiger partial charge in [0.2, 0.25) is 0 Å². The number of aromatic nitrogens is 3. The summed E-state index contributed by atoms with van der Waals surface area (Å²) in [6.07, 6.45) is 12.0. The number of anilines is 1. The van der Waals surface area contributed by atoms with Crippen LogP contribution in [0.4, 0.5) is 5.69 Å². The molecule has 2 N–H and O–H groups in total. The van der Waals surface area contributed by atoms with Crippen LogP contribution in [-0.2, 0) is 6.54 Å². The number of nitrogens with two attached hydrogens (primary N) is 1. The molecule has 0 aliphatic heterocycles. The number of hydrogen-bond donors (Lipinski definition) is 1. The molecule has 0 bridgehead atoms. The fraction of sp³-hybridized carbons (Fsp3) is 0.385. The minimum Gasteiger partial charge on any atom is -0.398 e. The molecule has 2 aromatic heterocycles. The van der Waals surface area contributed by atoms with Crippen molar-refractivity contribution in [3.8, 4) is 11.3 Å². The Bertz CT molecular complexity index is 560. The Morgan fingerprint density at radius 1 is 1.39 bits per heavy atom. The van der Waals surface area contributed by atoms with E-state index in [-0.39, 0.29) is 0 Å². The van der Waals surface area contributed by atoms with Crippen molar-refractivity contribution >= 4 is 17.4 Å². The molecule has 0 saturated heterocycles. The van der Waals surface area contributed by atoms with Gasteiger partial charge in [-0.25, -0.2) is 4.98 Å². The first-order valence-electron chi connectivity index (χ1n) is 5.99. The lowest BCUT2D eigenvalue weighted by Crippen LogP contribution is -2.14. The van der Waals surface area contributed by atoms with Crippen LogP contribution >= 0.6 is 11.8 Å².